The van der Waals surface area contributed by atoms with Gasteiger partial charge >= 0.3 is 0 Å². The summed E-state index contributed by atoms with van der Waals surface area (Å²) in [6.07, 6.45) is 2.60. The maximum Gasteiger partial charge on any atom is 0.197 e. The van der Waals surface area contributed by atoms with Crippen molar-refractivity contribution in [3.8, 4) is 0 Å². The van der Waals surface area contributed by atoms with Crippen LogP contribution in [0.15, 0.2) is 0 Å². The Morgan fingerprint density at radius 1 is 0.545 bits per heavy atom. The molecule has 0 fully saturated rings. The molecule has 0 N–H and O–H groups in total. The van der Waals surface area contributed by atoms with Crippen molar-refractivity contribution in [2.45, 2.75) is 102 Å². The van der Waals surface area contributed by atoms with Gasteiger partial charge in [-0.1, -0.05) is 68.2 Å². The summed E-state index contributed by atoms with van der Waals surface area (Å²) >= 11 is 0. The number of rotatable bonds is 11. The second kappa shape index (κ2) is 9.60. The van der Waals surface area contributed by atoms with Gasteiger partial charge in [-0.25, -0.2) is 0 Å². The highest BCUT2D eigenvalue weighted by Crippen LogP contribution is 2.40. The molecule has 134 valence electrons. The van der Waals surface area contributed by atoms with E-state index >= 15 is 0 Å². The Morgan fingerprint density at radius 3 is 0.909 bits per heavy atom. The van der Waals surface area contributed by atoms with Gasteiger partial charge in [-0.2, -0.15) is 0 Å². The van der Waals surface area contributed by atoms with Crippen molar-refractivity contribution in [3.63, 3.8) is 0 Å². The SMILES string of the molecule is CO[Si](CCCC[Si](OC)(C(C)C)C(C)C)(C(C)C)C(C)C. The molecule has 0 aromatic rings. The van der Waals surface area contributed by atoms with Gasteiger partial charge in [0, 0.05) is 14.2 Å². The fraction of sp³-hybridized carbons (Fsp3) is 1.00. The largest absolute Gasteiger partial charge is 0.419 e. The van der Waals surface area contributed by atoms with E-state index in [4.69, 9.17) is 8.85 Å². The van der Waals surface area contributed by atoms with Crippen LogP contribution in [-0.4, -0.2) is 30.9 Å². The van der Waals surface area contributed by atoms with Gasteiger partial charge < -0.3 is 8.85 Å². The minimum atomic E-state index is -1.61. The van der Waals surface area contributed by atoms with Gasteiger partial charge in [0.15, 0.2) is 16.6 Å². The Hall–Kier alpha value is 0.354. The predicted molar refractivity (Wildman–Crippen MR) is 105 cm³/mol. The zero-order valence-electron chi connectivity index (χ0n) is 17.0. The molecule has 0 aliphatic carbocycles. The Bertz CT molecular complexity index is 255. The average Bonchev–Trinajstić information content (AvgIpc) is 2.41. The third-order valence-corrected chi connectivity index (χ3v) is 17.7. The van der Waals surface area contributed by atoms with Crippen LogP contribution in [0.3, 0.4) is 0 Å². The monoisotopic (exact) mass is 346 g/mol. The molecule has 0 aromatic carbocycles. The standard InChI is InChI=1S/C18H42O2Si2/c1-15(2)21(19-9,16(3)4)13-11-12-14-22(20-10,17(5)6)18(7)8/h15-18H,11-14H2,1-10H3. The predicted octanol–water partition coefficient (Wildman–Crippen LogP) is 6.59. The molecular weight excluding hydrogens is 304 g/mol. The normalized spacial score (nSPS) is 13.9. The highest BCUT2D eigenvalue weighted by atomic mass is 28.4. The fourth-order valence-electron chi connectivity index (χ4n) is 4.44. The molecule has 0 saturated carbocycles. The second-order valence-electron chi connectivity index (χ2n) is 8.14. The van der Waals surface area contributed by atoms with Crippen LogP contribution in [0.1, 0.15) is 68.2 Å². The molecule has 0 amide bonds. The van der Waals surface area contributed by atoms with Gasteiger partial charge in [0.05, 0.1) is 0 Å². The van der Waals surface area contributed by atoms with E-state index in [1.807, 2.05) is 14.2 Å². The molecule has 0 radical (unpaired) electrons. The van der Waals surface area contributed by atoms with Gasteiger partial charge in [-0.3, -0.25) is 0 Å². The van der Waals surface area contributed by atoms with Crippen LogP contribution in [0.5, 0.6) is 0 Å². The molecule has 0 bridgehead atoms. The Labute approximate surface area is 142 Å². The summed E-state index contributed by atoms with van der Waals surface area (Å²) in [5.74, 6) is 0. The zero-order valence-corrected chi connectivity index (χ0v) is 19.0. The molecule has 4 heteroatoms. The van der Waals surface area contributed by atoms with Gasteiger partial charge in [0.2, 0.25) is 0 Å². The summed E-state index contributed by atoms with van der Waals surface area (Å²) in [5.41, 5.74) is 2.77. The molecule has 0 unspecified atom stereocenters. The summed E-state index contributed by atoms with van der Waals surface area (Å²) in [7, 11) is 0.673. The van der Waals surface area contributed by atoms with E-state index in [2.05, 4.69) is 55.4 Å². The van der Waals surface area contributed by atoms with Crippen LogP contribution in [0.25, 0.3) is 0 Å². The first-order chi connectivity index (χ1) is 10.1. The molecule has 0 atom stereocenters. The lowest BCUT2D eigenvalue weighted by atomic mass is 10.4. The van der Waals surface area contributed by atoms with E-state index in [9.17, 15) is 0 Å². The highest BCUT2D eigenvalue weighted by molar-refractivity contribution is 6.77. The van der Waals surface area contributed by atoms with E-state index in [0.717, 1.165) is 0 Å². The third kappa shape index (κ3) is 4.92. The van der Waals surface area contributed by atoms with Gasteiger partial charge in [-0.15, -0.1) is 0 Å². The second-order valence-corrected chi connectivity index (χ2v) is 18.4. The summed E-state index contributed by atoms with van der Waals surface area (Å²) in [6.45, 7) is 18.8. The van der Waals surface area contributed by atoms with Crippen LogP contribution in [0.2, 0.25) is 34.3 Å². The summed E-state index contributed by atoms with van der Waals surface area (Å²) < 4.78 is 12.3. The Kier molecular flexibility index (Phi) is 9.76. The lowest BCUT2D eigenvalue weighted by Gasteiger charge is -2.39. The number of hydrogen-bond acceptors (Lipinski definition) is 2. The van der Waals surface area contributed by atoms with Crippen molar-refractivity contribution >= 4 is 16.6 Å². The van der Waals surface area contributed by atoms with Crippen molar-refractivity contribution in [2.24, 2.45) is 0 Å². The average molecular weight is 347 g/mol. The van der Waals surface area contributed by atoms with Crippen LogP contribution < -0.4 is 0 Å². The fourth-order valence-corrected chi connectivity index (χ4v) is 13.3. The molecule has 0 saturated heterocycles. The Balaban J connectivity index is 4.75. The van der Waals surface area contributed by atoms with Crippen LogP contribution >= 0.6 is 0 Å². The first-order valence-electron chi connectivity index (χ1n) is 9.21. The molecule has 2 nitrogen and oxygen atoms in total. The van der Waals surface area contributed by atoms with E-state index in [1.165, 1.54) is 24.9 Å². The first-order valence-corrected chi connectivity index (χ1v) is 13.7. The molecule has 0 spiro atoms. The summed E-state index contributed by atoms with van der Waals surface area (Å²) in [4.78, 5) is 0. The quantitative estimate of drug-likeness (QED) is 0.310. The number of hydrogen-bond donors (Lipinski definition) is 0. The minimum absolute atomic E-state index is 0.692. The van der Waals surface area contributed by atoms with Gasteiger partial charge in [-0.05, 0) is 34.3 Å². The molecule has 0 aliphatic rings. The molecule has 22 heavy (non-hydrogen) atoms. The van der Waals surface area contributed by atoms with E-state index in [-0.39, 0.29) is 0 Å². The molecule has 0 heterocycles. The van der Waals surface area contributed by atoms with Gasteiger partial charge in [0.1, 0.15) is 0 Å². The zero-order chi connectivity index (χ0) is 17.6. The molecule has 0 aliphatic heterocycles. The van der Waals surface area contributed by atoms with Crippen LogP contribution in [-0.2, 0) is 8.85 Å². The first kappa shape index (κ1) is 22.4. The topological polar surface area (TPSA) is 18.5 Å². The third-order valence-electron chi connectivity index (χ3n) is 6.05. The Morgan fingerprint density at radius 2 is 0.773 bits per heavy atom. The molecular formula is C18H42O2Si2. The summed E-state index contributed by atoms with van der Waals surface area (Å²) in [6, 6.07) is 2.59. The van der Waals surface area contributed by atoms with Crippen molar-refractivity contribution < 1.29 is 8.85 Å². The van der Waals surface area contributed by atoms with E-state index in [0.29, 0.717) is 22.2 Å². The maximum atomic E-state index is 6.13. The lowest BCUT2D eigenvalue weighted by molar-refractivity contribution is 0.362. The van der Waals surface area contributed by atoms with Crippen LogP contribution in [0.4, 0.5) is 0 Å². The molecule has 0 rings (SSSR count). The maximum absolute atomic E-state index is 6.13. The summed E-state index contributed by atoms with van der Waals surface area (Å²) in [5, 5.41) is 0. The van der Waals surface area contributed by atoms with Crippen molar-refractivity contribution in [2.75, 3.05) is 14.2 Å². The van der Waals surface area contributed by atoms with E-state index in [1.54, 1.807) is 0 Å². The molecule has 0 aromatic heterocycles. The van der Waals surface area contributed by atoms with Crippen molar-refractivity contribution in [1.29, 1.82) is 0 Å². The van der Waals surface area contributed by atoms with E-state index < -0.39 is 16.6 Å². The number of unbranched alkanes of at least 4 members (excludes halogenated alkanes) is 1. The highest BCUT2D eigenvalue weighted by Gasteiger charge is 2.42. The van der Waals surface area contributed by atoms with Crippen molar-refractivity contribution in [3.05, 3.63) is 0 Å². The smallest absolute Gasteiger partial charge is 0.197 e. The van der Waals surface area contributed by atoms with Crippen LogP contribution in [0, 0.1) is 0 Å². The minimum Gasteiger partial charge on any atom is -0.419 e. The van der Waals surface area contributed by atoms with Gasteiger partial charge in [0.25, 0.3) is 0 Å². The lowest BCUT2D eigenvalue weighted by Crippen LogP contribution is -2.45. The van der Waals surface area contributed by atoms with Crippen molar-refractivity contribution in [1.82, 2.24) is 0 Å².